The van der Waals surface area contributed by atoms with Crippen molar-refractivity contribution in [1.82, 2.24) is 0 Å². The van der Waals surface area contributed by atoms with Crippen molar-refractivity contribution in [2.24, 2.45) is 0 Å². The second-order valence-corrected chi connectivity index (χ2v) is 10.2. The summed E-state index contributed by atoms with van der Waals surface area (Å²) in [7, 11) is -3.85. The van der Waals surface area contributed by atoms with Gasteiger partial charge in [-0.05, 0) is 54.8 Å². The van der Waals surface area contributed by atoms with Crippen molar-refractivity contribution >= 4 is 27.3 Å². The van der Waals surface area contributed by atoms with Crippen LogP contribution < -0.4 is 4.18 Å². The molecule has 4 nitrogen and oxygen atoms in total. The topological polar surface area (TPSA) is 60.4 Å². The van der Waals surface area contributed by atoms with Gasteiger partial charge in [-0.15, -0.1) is 0 Å². The third kappa shape index (κ3) is 9.38. The molecule has 0 heterocycles. The number of hydrogen-bond acceptors (Lipinski definition) is 4. The Labute approximate surface area is 217 Å². The fourth-order valence-electron chi connectivity index (χ4n) is 2.52. The summed E-state index contributed by atoms with van der Waals surface area (Å²) in [6, 6.07) is 27.8. The van der Waals surface area contributed by atoms with Gasteiger partial charge in [-0.2, -0.15) is 20.4 Å². The Balaban J connectivity index is 0.000000770. The molecule has 0 atom stereocenters. The summed E-state index contributed by atoms with van der Waals surface area (Å²) < 4.78 is 28.7. The van der Waals surface area contributed by atoms with E-state index in [1.165, 1.54) is 9.79 Å². The summed E-state index contributed by atoms with van der Waals surface area (Å²) >= 11 is 0. The minimum absolute atomic E-state index is 0. The predicted molar refractivity (Wildman–Crippen MR) is 126 cm³/mol. The molecule has 0 aliphatic heterocycles. The second kappa shape index (κ2) is 14.4. The van der Waals surface area contributed by atoms with Crippen molar-refractivity contribution in [2.45, 2.75) is 28.0 Å². The molecule has 0 aromatic heterocycles. The van der Waals surface area contributed by atoms with Gasteiger partial charge in [0.2, 0.25) is 0 Å². The zero-order chi connectivity index (χ0) is 22.7. The normalized spacial score (nSPS) is 10.3. The molecule has 0 unspecified atom stereocenters. The molecule has 7 heteroatoms. The molecule has 0 saturated carbocycles. The van der Waals surface area contributed by atoms with Gasteiger partial charge in [0.1, 0.15) is 5.75 Å². The van der Waals surface area contributed by atoms with E-state index < -0.39 is 10.1 Å². The van der Waals surface area contributed by atoms with E-state index in [4.69, 9.17) is 4.18 Å². The van der Waals surface area contributed by atoms with Crippen LogP contribution >= 0.6 is 0 Å². The first kappa shape index (κ1) is 28.3. The summed E-state index contributed by atoms with van der Waals surface area (Å²) in [5, 5.41) is 0. The third-order valence-electron chi connectivity index (χ3n) is 3.81. The first-order valence-electron chi connectivity index (χ1n) is 9.56. The largest absolute Gasteiger partial charge is 2.00 e. The molecule has 0 saturated heterocycles. The average Bonchev–Trinajstić information content (AvgIpc) is 2.77. The van der Waals surface area contributed by atoms with Gasteiger partial charge in [-0.1, -0.05) is 43.3 Å². The fourth-order valence-corrected chi connectivity index (χ4v) is 5.44. The van der Waals surface area contributed by atoms with Crippen LogP contribution in [0.3, 0.4) is 0 Å². The van der Waals surface area contributed by atoms with Crippen LogP contribution in [0, 0.1) is 38.0 Å². The molecular weight excluding hydrogens is 666 g/mol. The molecule has 0 N–H and O–H groups in total. The van der Waals surface area contributed by atoms with Crippen LogP contribution in [0.2, 0.25) is 0 Å². The van der Waals surface area contributed by atoms with Gasteiger partial charge in [0.15, 0.2) is 14.7 Å². The summed E-state index contributed by atoms with van der Waals surface area (Å²) in [5.74, 6) is 0.236. The molecule has 3 aromatic carbocycles. The minimum Gasteiger partial charge on any atom is -0.419 e. The van der Waals surface area contributed by atoms with E-state index in [1.807, 2.05) is 48.5 Å². The Morgan fingerprint density at radius 3 is 1.69 bits per heavy atom. The molecule has 0 spiro atoms. The minimum atomic E-state index is -3.58. The molecule has 32 heavy (non-hydrogen) atoms. The van der Waals surface area contributed by atoms with Crippen molar-refractivity contribution in [3.8, 4) is 5.75 Å². The molecule has 0 fully saturated rings. The van der Waals surface area contributed by atoms with E-state index >= 15 is 0 Å². The molecule has 164 valence electrons. The van der Waals surface area contributed by atoms with Gasteiger partial charge in [0.05, 0.1) is 16.6 Å². The van der Waals surface area contributed by atoms with Crippen molar-refractivity contribution in [2.75, 3.05) is 5.75 Å². The number of allylic oxidation sites excluding steroid dienone is 1. The monoisotopic (exact) mass is 691 g/mol. The van der Waals surface area contributed by atoms with E-state index in [0.717, 1.165) is 4.90 Å². The number of carbonyl (C=O) groups excluding carboxylic acids is 1. The van der Waals surface area contributed by atoms with E-state index in [-0.39, 0.29) is 54.2 Å². The maximum absolute atomic E-state index is 11.8. The van der Waals surface area contributed by atoms with Crippen LogP contribution in [0.4, 0.5) is 0 Å². The maximum atomic E-state index is 11.8. The predicted octanol–water partition coefficient (Wildman–Crippen LogP) is 5.39. The van der Waals surface area contributed by atoms with Crippen molar-refractivity contribution in [3.05, 3.63) is 104 Å². The summed E-state index contributed by atoms with van der Waals surface area (Å²) in [6.45, 7) is 8.41. The molecule has 3 aromatic rings. The van der Waals surface area contributed by atoms with Crippen LogP contribution in [-0.4, -0.2) is 20.5 Å². The van der Waals surface area contributed by atoms with Crippen molar-refractivity contribution in [3.63, 3.8) is 0 Å². The van der Waals surface area contributed by atoms with E-state index in [0.29, 0.717) is 11.3 Å². The van der Waals surface area contributed by atoms with Crippen LogP contribution in [0.5, 0.6) is 5.75 Å². The third-order valence-corrected chi connectivity index (χ3v) is 7.27. The zero-order valence-electron chi connectivity index (χ0n) is 17.9. The maximum Gasteiger partial charge on any atom is 2.00 e. The Morgan fingerprint density at radius 1 is 0.906 bits per heavy atom. The average molecular weight is 692 g/mol. The molecular formula is C25H25O4S2U+. The summed E-state index contributed by atoms with van der Waals surface area (Å²) in [5.41, 5.74) is 0.449. The summed E-state index contributed by atoms with van der Waals surface area (Å²) in [4.78, 5) is 12.8. The molecule has 0 aliphatic rings. The van der Waals surface area contributed by atoms with Gasteiger partial charge in [0, 0.05) is 0 Å². The van der Waals surface area contributed by atoms with Gasteiger partial charge < -0.3 is 15.9 Å². The van der Waals surface area contributed by atoms with E-state index in [1.54, 1.807) is 25.3 Å². The van der Waals surface area contributed by atoms with Gasteiger partial charge in [-0.25, -0.2) is 6.58 Å². The van der Waals surface area contributed by atoms with Crippen molar-refractivity contribution < 1.29 is 48.5 Å². The molecule has 0 radical (unpaired) electrons. The van der Waals surface area contributed by atoms with E-state index in [2.05, 4.69) is 37.8 Å². The number of benzene rings is 3. The Bertz CT molecular complexity index is 1030. The number of hydrogen-bond donors (Lipinski definition) is 0. The van der Waals surface area contributed by atoms with Crippen LogP contribution in [0.25, 0.3) is 0 Å². The number of rotatable bonds is 8. The quantitative estimate of drug-likeness (QED) is 0.138. The Hall–Kier alpha value is -1.78. The Morgan fingerprint density at radius 2 is 1.31 bits per heavy atom. The zero-order valence-corrected chi connectivity index (χ0v) is 23.7. The van der Waals surface area contributed by atoms with Crippen molar-refractivity contribution in [1.29, 1.82) is 0 Å². The molecule has 0 amide bonds. The van der Waals surface area contributed by atoms with Gasteiger partial charge >= 0.3 is 41.2 Å². The molecule has 0 aliphatic carbocycles. The first-order valence-corrected chi connectivity index (χ1v) is 12.4. The fraction of sp³-hybridized carbons (Fsp3) is 0.120. The van der Waals surface area contributed by atoms with Gasteiger partial charge in [-0.3, -0.25) is 0 Å². The smallest absolute Gasteiger partial charge is 0.419 e. The molecule has 3 rings (SSSR count). The van der Waals surface area contributed by atoms with Gasteiger partial charge in [0.25, 0.3) is 0 Å². The van der Waals surface area contributed by atoms with Crippen LogP contribution in [0.1, 0.15) is 13.3 Å². The SMILES string of the molecule is C=C(C)[C-]=O.[CH2-]CCS(=O)(=O)Oc1ccc([S+](c2ccccc2)c2ccccc2)cc1.[U+2]. The Kier molecular flexibility index (Phi) is 12.7. The second-order valence-electron chi connectivity index (χ2n) is 6.48. The van der Waals surface area contributed by atoms with Crippen LogP contribution in [-0.2, 0) is 25.8 Å². The summed E-state index contributed by atoms with van der Waals surface area (Å²) in [6.07, 6.45) is 1.87. The first-order chi connectivity index (χ1) is 14.9. The van der Waals surface area contributed by atoms with E-state index in [9.17, 15) is 13.2 Å². The molecule has 0 bridgehead atoms. The standard InChI is InChI=1S/C21H20O3S2.C4H5O.U/c1-2-17-26(22,23)24-18-13-15-21(16-14-18)25(19-9-5-3-6-10-19)20-11-7-4-8-12-20;1-4(2)3-5;/h3-16H,1-2,17H2;1H2,2H3;/q;-1;+2. The van der Waals surface area contributed by atoms with Crippen LogP contribution in [0.15, 0.2) is 112 Å².